The van der Waals surface area contributed by atoms with E-state index in [1.165, 1.54) is 0 Å². The van der Waals surface area contributed by atoms with Gasteiger partial charge in [0, 0.05) is 16.9 Å². The number of barbiturate groups is 1. The van der Waals surface area contributed by atoms with Gasteiger partial charge in [-0.2, -0.15) is 0 Å². The molecule has 1 N–H and O–H groups in total. The molecule has 4 amide bonds. The van der Waals surface area contributed by atoms with Crippen LogP contribution in [-0.4, -0.2) is 22.8 Å². The van der Waals surface area contributed by atoms with Crippen molar-refractivity contribution in [1.82, 2.24) is 10.3 Å². The van der Waals surface area contributed by atoms with Crippen LogP contribution in [0, 0.1) is 5.41 Å². The summed E-state index contributed by atoms with van der Waals surface area (Å²) in [5.74, 6) is -1.26. The summed E-state index contributed by atoms with van der Waals surface area (Å²) in [5.41, 5.74) is 0.249. The molecule has 1 aromatic heterocycles. The Morgan fingerprint density at radius 1 is 0.970 bits per heavy atom. The van der Waals surface area contributed by atoms with Crippen LogP contribution in [0.3, 0.4) is 0 Å². The Kier molecular flexibility index (Phi) is 6.83. The summed E-state index contributed by atoms with van der Waals surface area (Å²) in [4.78, 5) is 45.0. The number of rotatable bonds is 6. The smallest absolute Gasteiger partial charge is 0.276 e. The molecule has 0 spiro atoms. The first-order chi connectivity index (χ1) is 15.8. The average molecular weight is 547 g/mol. The summed E-state index contributed by atoms with van der Waals surface area (Å²) in [5, 5.41) is 2.98. The van der Waals surface area contributed by atoms with Crippen molar-refractivity contribution in [2.24, 2.45) is 5.41 Å². The van der Waals surface area contributed by atoms with E-state index < -0.39 is 23.3 Å². The van der Waals surface area contributed by atoms with E-state index in [0.717, 1.165) is 14.9 Å². The van der Waals surface area contributed by atoms with Crippen LogP contribution in [0.1, 0.15) is 17.5 Å². The largest absolute Gasteiger partial charge is 0.335 e. The normalized spacial score (nSPS) is 18.4. The number of carbonyl (C=O) groups excluding carboxylic acids is 3. The van der Waals surface area contributed by atoms with Crippen molar-refractivity contribution < 1.29 is 14.4 Å². The molecule has 2 heterocycles. The fourth-order valence-electron chi connectivity index (χ4n) is 3.88. The number of nitrogens with zero attached hydrogens (tertiary/aromatic N) is 2. The number of aromatic nitrogens is 1. The summed E-state index contributed by atoms with van der Waals surface area (Å²) >= 11 is 16.0. The fraction of sp³-hybridized carbons (Fsp3) is 0.167. The van der Waals surface area contributed by atoms with Crippen LogP contribution in [0.25, 0.3) is 0 Å². The molecule has 1 aliphatic heterocycles. The van der Waals surface area contributed by atoms with Crippen LogP contribution >= 0.6 is 39.1 Å². The van der Waals surface area contributed by atoms with Crippen molar-refractivity contribution in [2.45, 2.75) is 19.3 Å². The van der Waals surface area contributed by atoms with E-state index in [-0.39, 0.29) is 17.9 Å². The molecule has 6 nitrogen and oxygen atoms in total. The summed E-state index contributed by atoms with van der Waals surface area (Å²) in [7, 11) is 0. The third-order valence-electron chi connectivity index (χ3n) is 5.67. The molecular weight excluding hydrogens is 529 g/mol. The minimum absolute atomic E-state index is 0.0115. The highest BCUT2D eigenvalue weighted by molar-refractivity contribution is 9.10. The number of amides is 4. The zero-order valence-electron chi connectivity index (χ0n) is 17.2. The highest BCUT2D eigenvalue weighted by Gasteiger charge is 2.54. The minimum atomic E-state index is -1.57. The number of pyridine rings is 1. The van der Waals surface area contributed by atoms with Gasteiger partial charge in [-0.25, -0.2) is 9.69 Å². The molecule has 168 valence electrons. The number of benzene rings is 2. The molecule has 4 rings (SSSR count). The van der Waals surface area contributed by atoms with Gasteiger partial charge in [-0.3, -0.25) is 19.9 Å². The van der Waals surface area contributed by atoms with Gasteiger partial charge in [0.25, 0.3) is 5.91 Å². The van der Waals surface area contributed by atoms with E-state index in [9.17, 15) is 14.4 Å². The second-order valence-corrected chi connectivity index (χ2v) is 9.40. The van der Waals surface area contributed by atoms with Crippen LogP contribution in [0.15, 0.2) is 71.5 Å². The van der Waals surface area contributed by atoms with E-state index in [1.54, 1.807) is 54.9 Å². The lowest BCUT2D eigenvalue weighted by Gasteiger charge is -2.39. The summed E-state index contributed by atoms with van der Waals surface area (Å²) in [6.07, 6.45) is 3.86. The van der Waals surface area contributed by atoms with Crippen molar-refractivity contribution >= 4 is 62.7 Å². The maximum Gasteiger partial charge on any atom is 0.335 e. The number of hydrogen-bond acceptors (Lipinski definition) is 4. The lowest BCUT2D eigenvalue weighted by molar-refractivity contribution is -0.143. The first kappa shape index (κ1) is 23.4. The van der Waals surface area contributed by atoms with Gasteiger partial charge in [-0.05, 0) is 72.9 Å². The van der Waals surface area contributed by atoms with E-state index in [1.807, 2.05) is 12.1 Å². The van der Waals surface area contributed by atoms with Gasteiger partial charge in [0.1, 0.15) is 5.41 Å². The molecule has 1 atom stereocenters. The number of halogens is 3. The van der Waals surface area contributed by atoms with Gasteiger partial charge in [0.05, 0.1) is 15.7 Å². The lowest BCUT2D eigenvalue weighted by atomic mass is 9.73. The number of hydrogen-bond donors (Lipinski definition) is 1. The third-order valence-corrected chi connectivity index (χ3v) is 7.06. The molecule has 2 aromatic carbocycles. The van der Waals surface area contributed by atoms with Crippen LogP contribution in [0.5, 0.6) is 0 Å². The molecule has 1 aliphatic rings. The fourth-order valence-corrected chi connectivity index (χ4v) is 4.53. The summed E-state index contributed by atoms with van der Waals surface area (Å²) < 4.78 is 0.793. The SMILES string of the molecule is O=C1NC(=O)[C@](CCc2ccncc2)(Cc2cccc(Cl)c2Cl)C(=O)N1c1ccc(Br)cc1. The number of nitrogens with one attached hydrogen (secondary N) is 1. The quantitative estimate of drug-likeness (QED) is 0.408. The first-order valence-electron chi connectivity index (χ1n) is 10.1. The molecule has 0 aliphatic carbocycles. The topological polar surface area (TPSA) is 79.4 Å². The monoisotopic (exact) mass is 545 g/mol. The van der Waals surface area contributed by atoms with Gasteiger partial charge in [-0.1, -0.05) is 51.3 Å². The number of imide groups is 2. The number of urea groups is 1. The molecule has 3 aromatic rings. The zero-order valence-corrected chi connectivity index (χ0v) is 20.3. The van der Waals surface area contributed by atoms with Crippen molar-refractivity contribution in [3.63, 3.8) is 0 Å². The molecule has 0 unspecified atom stereocenters. The summed E-state index contributed by atoms with van der Waals surface area (Å²) in [6, 6.07) is 14.6. The van der Waals surface area contributed by atoms with Gasteiger partial charge in [0.15, 0.2) is 0 Å². The van der Waals surface area contributed by atoms with E-state index in [4.69, 9.17) is 23.2 Å². The Balaban J connectivity index is 1.79. The maximum atomic E-state index is 13.9. The molecule has 1 fully saturated rings. The Morgan fingerprint density at radius 2 is 1.67 bits per heavy atom. The van der Waals surface area contributed by atoms with Crippen LogP contribution in [-0.2, 0) is 22.4 Å². The van der Waals surface area contributed by atoms with Gasteiger partial charge in [0.2, 0.25) is 5.91 Å². The zero-order chi connectivity index (χ0) is 23.6. The Labute approximate surface area is 209 Å². The molecule has 1 saturated heterocycles. The maximum absolute atomic E-state index is 13.9. The predicted molar refractivity (Wildman–Crippen MR) is 130 cm³/mol. The van der Waals surface area contributed by atoms with Crippen LogP contribution in [0.2, 0.25) is 10.0 Å². The molecule has 9 heteroatoms. The second kappa shape index (κ2) is 9.63. The Hall–Kier alpha value is -2.74. The van der Waals surface area contributed by atoms with E-state index in [2.05, 4.69) is 26.2 Å². The highest BCUT2D eigenvalue weighted by atomic mass is 79.9. The second-order valence-electron chi connectivity index (χ2n) is 7.70. The standard InChI is InChI=1S/C24H18BrCl2N3O3/c25-17-4-6-18(7-5-17)30-22(32)24(21(31)29-23(30)33,11-8-15-9-12-28-13-10-15)14-16-2-1-3-19(26)20(16)27/h1-7,9-10,12-13H,8,11,14H2,(H,29,31,33)/t24-/m0/s1. The first-order valence-corrected chi connectivity index (χ1v) is 11.6. The number of anilines is 1. The van der Waals surface area contributed by atoms with Gasteiger partial charge in [-0.15, -0.1) is 0 Å². The molecule has 33 heavy (non-hydrogen) atoms. The number of aryl methyl sites for hydroxylation is 1. The van der Waals surface area contributed by atoms with E-state index >= 15 is 0 Å². The molecule has 0 radical (unpaired) electrons. The third kappa shape index (κ3) is 4.67. The van der Waals surface area contributed by atoms with E-state index in [0.29, 0.717) is 22.7 Å². The predicted octanol–water partition coefficient (Wildman–Crippen LogP) is 5.60. The van der Waals surface area contributed by atoms with Gasteiger partial charge < -0.3 is 0 Å². The molecule has 0 bridgehead atoms. The van der Waals surface area contributed by atoms with Crippen LogP contribution < -0.4 is 10.2 Å². The number of carbonyl (C=O) groups is 3. The van der Waals surface area contributed by atoms with Crippen LogP contribution in [0.4, 0.5) is 10.5 Å². The van der Waals surface area contributed by atoms with Crippen molar-refractivity contribution in [2.75, 3.05) is 4.90 Å². The average Bonchev–Trinajstić information content (AvgIpc) is 2.80. The highest BCUT2D eigenvalue weighted by Crippen LogP contribution is 2.39. The summed E-state index contributed by atoms with van der Waals surface area (Å²) in [6.45, 7) is 0. The molecular formula is C24H18BrCl2N3O3. The minimum Gasteiger partial charge on any atom is -0.276 e. The van der Waals surface area contributed by atoms with Gasteiger partial charge >= 0.3 is 6.03 Å². The lowest BCUT2D eigenvalue weighted by Crippen LogP contribution is -2.65. The van der Waals surface area contributed by atoms with Crippen molar-refractivity contribution in [3.05, 3.63) is 92.6 Å². The Bertz CT molecular complexity index is 1220. The van der Waals surface area contributed by atoms with Crippen molar-refractivity contribution in [3.8, 4) is 0 Å². The molecule has 0 saturated carbocycles. The van der Waals surface area contributed by atoms with Crippen molar-refractivity contribution in [1.29, 1.82) is 0 Å². The Morgan fingerprint density at radius 3 is 2.36 bits per heavy atom.